The highest BCUT2D eigenvalue weighted by atomic mass is 15.3. The highest BCUT2D eigenvalue weighted by molar-refractivity contribution is 5.79. The number of hydrogen-bond acceptors (Lipinski definition) is 4. The van der Waals surface area contributed by atoms with E-state index in [0.29, 0.717) is 13.1 Å². The molecule has 2 heterocycles. The first-order chi connectivity index (χ1) is 12.2. The van der Waals surface area contributed by atoms with E-state index in [1.807, 2.05) is 24.0 Å². The maximum Gasteiger partial charge on any atom is 0.191 e. The summed E-state index contributed by atoms with van der Waals surface area (Å²) in [6.07, 6.45) is 5.29. The van der Waals surface area contributed by atoms with Gasteiger partial charge >= 0.3 is 0 Å². The van der Waals surface area contributed by atoms with Gasteiger partial charge in [-0.05, 0) is 17.2 Å². The van der Waals surface area contributed by atoms with E-state index < -0.39 is 0 Å². The van der Waals surface area contributed by atoms with Crippen LogP contribution in [0.5, 0.6) is 0 Å². The van der Waals surface area contributed by atoms with Crippen LogP contribution >= 0.6 is 0 Å². The first-order valence-electron chi connectivity index (χ1n) is 8.07. The number of hydrogen-bond donors (Lipinski definition) is 2. The van der Waals surface area contributed by atoms with Gasteiger partial charge in [0.15, 0.2) is 5.96 Å². The maximum absolute atomic E-state index is 4.24. The lowest BCUT2D eigenvalue weighted by Crippen LogP contribution is -2.36. The van der Waals surface area contributed by atoms with E-state index in [1.54, 1.807) is 17.9 Å². The van der Waals surface area contributed by atoms with Crippen molar-refractivity contribution in [3.05, 3.63) is 66.0 Å². The van der Waals surface area contributed by atoms with Crippen molar-refractivity contribution in [1.29, 1.82) is 0 Å². The molecule has 2 aromatic heterocycles. The van der Waals surface area contributed by atoms with Crippen molar-refractivity contribution in [2.45, 2.75) is 19.6 Å². The molecule has 0 radical (unpaired) electrons. The van der Waals surface area contributed by atoms with E-state index in [4.69, 9.17) is 0 Å². The first kappa shape index (κ1) is 16.7. The van der Waals surface area contributed by atoms with Crippen LogP contribution in [0.2, 0.25) is 0 Å². The summed E-state index contributed by atoms with van der Waals surface area (Å²) >= 11 is 0. The first-order valence-corrected chi connectivity index (χ1v) is 8.07. The quantitative estimate of drug-likeness (QED) is 0.516. The van der Waals surface area contributed by atoms with Gasteiger partial charge in [0.05, 0.1) is 13.1 Å². The molecule has 2 N–H and O–H groups in total. The Hall–Kier alpha value is -3.16. The lowest BCUT2D eigenvalue weighted by atomic mass is 10.1. The van der Waals surface area contributed by atoms with Crippen molar-refractivity contribution < 1.29 is 0 Å². The van der Waals surface area contributed by atoms with Gasteiger partial charge in [0.2, 0.25) is 0 Å². The monoisotopic (exact) mass is 338 g/mol. The standard InChI is InChI=1S/C17H22N8/c1-18-17(20-11-16-21-13-23-24(16)2)19-10-14-5-3-6-15(9-14)12-25-8-4-7-22-25/h3-9,13H,10-12H2,1-2H3,(H2,18,19,20). The van der Waals surface area contributed by atoms with Crippen molar-refractivity contribution in [2.24, 2.45) is 12.0 Å². The SMILES string of the molecule is CN=C(NCc1cccc(Cn2cccn2)c1)NCc1ncnn1C. The van der Waals surface area contributed by atoms with Crippen molar-refractivity contribution in [3.8, 4) is 0 Å². The number of nitrogens with one attached hydrogen (secondary N) is 2. The van der Waals surface area contributed by atoms with E-state index >= 15 is 0 Å². The summed E-state index contributed by atoms with van der Waals surface area (Å²) in [7, 11) is 3.62. The Morgan fingerprint density at radius 2 is 1.96 bits per heavy atom. The number of benzene rings is 1. The Balaban J connectivity index is 1.54. The fourth-order valence-corrected chi connectivity index (χ4v) is 2.47. The summed E-state index contributed by atoms with van der Waals surface area (Å²) in [6, 6.07) is 10.4. The Morgan fingerprint density at radius 1 is 1.12 bits per heavy atom. The van der Waals surface area contributed by atoms with Crippen LogP contribution < -0.4 is 10.6 Å². The molecule has 0 saturated heterocycles. The second-order valence-electron chi connectivity index (χ2n) is 5.60. The number of nitrogens with zero attached hydrogens (tertiary/aromatic N) is 6. The highest BCUT2D eigenvalue weighted by Crippen LogP contribution is 2.07. The zero-order chi connectivity index (χ0) is 17.5. The molecule has 0 aliphatic carbocycles. The lowest BCUT2D eigenvalue weighted by molar-refractivity contribution is 0.672. The minimum absolute atomic E-state index is 0.565. The van der Waals surface area contributed by atoms with Crippen molar-refractivity contribution in [1.82, 2.24) is 35.2 Å². The third kappa shape index (κ3) is 4.66. The predicted molar refractivity (Wildman–Crippen MR) is 95.8 cm³/mol. The van der Waals surface area contributed by atoms with Gasteiger partial charge in [0.1, 0.15) is 12.2 Å². The fourth-order valence-electron chi connectivity index (χ4n) is 2.47. The van der Waals surface area contributed by atoms with E-state index in [2.05, 4.69) is 55.1 Å². The number of aliphatic imine (C=N–C) groups is 1. The van der Waals surface area contributed by atoms with Crippen LogP contribution in [0.25, 0.3) is 0 Å². The van der Waals surface area contributed by atoms with Crippen molar-refractivity contribution in [3.63, 3.8) is 0 Å². The van der Waals surface area contributed by atoms with Gasteiger partial charge in [-0.25, -0.2) is 4.98 Å². The Bertz CT molecular complexity index is 819. The second kappa shape index (κ2) is 8.09. The van der Waals surface area contributed by atoms with Crippen LogP contribution in [-0.4, -0.2) is 37.6 Å². The topological polar surface area (TPSA) is 84.9 Å². The number of aromatic nitrogens is 5. The summed E-state index contributed by atoms with van der Waals surface area (Å²) in [5.74, 6) is 1.57. The van der Waals surface area contributed by atoms with E-state index in [1.165, 1.54) is 17.5 Å². The molecule has 0 saturated carbocycles. The Labute approximate surface area is 146 Å². The molecule has 1 aromatic carbocycles. The molecule has 0 atom stereocenters. The molecule has 0 unspecified atom stereocenters. The number of rotatable bonds is 6. The van der Waals surface area contributed by atoms with Crippen LogP contribution in [0, 0.1) is 0 Å². The average Bonchev–Trinajstić information content (AvgIpc) is 3.27. The molecule has 0 aliphatic heterocycles. The minimum Gasteiger partial charge on any atom is -0.352 e. The van der Waals surface area contributed by atoms with Gasteiger partial charge in [-0.15, -0.1) is 0 Å². The van der Waals surface area contributed by atoms with Crippen molar-refractivity contribution in [2.75, 3.05) is 7.05 Å². The molecule has 3 rings (SSSR count). The zero-order valence-corrected chi connectivity index (χ0v) is 14.4. The molecule has 8 nitrogen and oxygen atoms in total. The molecule has 0 amide bonds. The molecule has 0 spiro atoms. The van der Waals surface area contributed by atoms with Gasteiger partial charge < -0.3 is 10.6 Å². The fraction of sp³-hybridized carbons (Fsp3) is 0.294. The number of aryl methyl sites for hydroxylation is 1. The Kier molecular flexibility index (Phi) is 5.40. The third-order valence-electron chi connectivity index (χ3n) is 3.80. The number of guanidine groups is 1. The normalized spacial score (nSPS) is 11.5. The summed E-state index contributed by atoms with van der Waals surface area (Å²) in [6.45, 7) is 2.01. The minimum atomic E-state index is 0.565. The summed E-state index contributed by atoms with van der Waals surface area (Å²) in [4.78, 5) is 8.42. The van der Waals surface area contributed by atoms with Crippen LogP contribution in [0.3, 0.4) is 0 Å². The molecule has 25 heavy (non-hydrogen) atoms. The van der Waals surface area contributed by atoms with Crippen LogP contribution in [-0.2, 0) is 26.7 Å². The van der Waals surface area contributed by atoms with Gasteiger partial charge in [0.25, 0.3) is 0 Å². The third-order valence-corrected chi connectivity index (χ3v) is 3.80. The molecule has 0 bridgehead atoms. The summed E-state index contributed by atoms with van der Waals surface area (Å²) in [5.41, 5.74) is 2.40. The second-order valence-corrected chi connectivity index (χ2v) is 5.60. The van der Waals surface area contributed by atoms with Crippen LogP contribution in [0.1, 0.15) is 17.0 Å². The molecule has 0 aliphatic rings. The molecular weight excluding hydrogens is 316 g/mol. The predicted octanol–water partition coefficient (Wildman–Crippen LogP) is 0.925. The maximum atomic E-state index is 4.24. The average molecular weight is 338 g/mol. The van der Waals surface area contributed by atoms with Crippen LogP contribution in [0.15, 0.2) is 54.0 Å². The van der Waals surface area contributed by atoms with Crippen molar-refractivity contribution >= 4 is 5.96 Å². The van der Waals surface area contributed by atoms with Crippen LogP contribution in [0.4, 0.5) is 0 Å². The van der Waals surface area contributed by atoms with Gasteiger partial charge in [-0.3, -0.25) is 14.4 Å². The van der Waals surface area contributed by atoms with Gasteiger partial charge in [-0.2, -0.15) is 10.2 Å². The molecule has 0 fully saturated rings. The van der Waals surface area contributed by atoms with E-state index in [0.717, 1.165) is 18.3 Å². The molecule has 130 valence electrons. The summed E-state index contributed by atoms with van der Waals surface area (Å²) < 4.78 is 3.65. The summed E-state index contributed by atoms with van der Waals surface area (Å²) in [5, 5.41) is 14.8. The Morgan fingerprint density at radius 3 is 2.68 bits per heavy atom. The largest absolute Gasteiger partial charge is 0.352 e. The molecule has 8 heteroatoms. The highest BCUT2D eigenvalue weighted by Gasteiger charge is 2.03. The van der Waals surface area contributed by atoms with Gasteiger partial charge in [-0.1, -0.05) is 24.3 Å². The van der Waals surface area contributed by atoms with E-state index in [9.17, 15) is 0 Å². The van der Waals surface area contributed by atoms with E-state index in [-0.39, 0.29) is 0 Å². The molecular formula is C17H22N8. The molecule has 3 aromatic rings. The lowest BCUT2D eigenvalue weighted by Gasteiger charge is -2.12. The van der Waals surface area contributed by atoms with Gasteiger partial charge in [0, 0.05) is 33.0 Å². The zero-order valence-electron chi connectivity index (χ0n) is 14.4. The smallest absolute Gasteiger partial charge is 0.191 e.